The van der Waals surface area contributed by atoms with Gasteiger partial charge in [0.1, 0.15) is 0 Å². The summed E-state index contributed by atoms with van der Waals surface area (Å²) in [6, 6.07) is 5.02. The fraction of sp³-hybridized carbons (Fsp3) is 0.231. The smallest absolute Gasteiger partial charge is 0.282 e. The first-order valence-electron chi connectivity index (χ1n) is 5.84. The van der Waals surface area contributed by atoms with Crippen LogP contribution in [0.3, 0.4) is 0 Å². The molecule has 2 amide bonds. The Morgan fingerprint density at radius 1 is 1.30 bits per heavy atom. The van der Waals surface area contributed by atoms with E-state index in [9.17, 15) is 13.8 Å². The van der Waals surface area contributed by atoms with E-state index >= 15 is 0 Å². The van der Waals surface area contributed by atoms with E-state index in [1.54, 1.807) is 6.07 Å². The van der Waals surface area contributed by atoms with Gasteiger partial charge in [-0.3, -0.25) is 14.1 Å². The molecule has 6 nitrogen and oxygen atoms in total. The normalized spacial score (nSPS) is 16.6. The van der Waals surface area contributed by atoms with Gasteiger partial charge in [0, 0.05) is 11.1 Å². The van der Waals surface area contributed by atoms with Crippen LogP contribution >= 0.6 is 0 Å². The van der Waals surface area contributed by atoms with Gasteiger partial charge in [-0.25, -0.2) is 0 Å². The van der Waals surface area contributed by atoms with Gasteiger partial charge in [-0.2, -0.15) is 4.21 Å². The Labute approximate surface area is 118 Å². The molecule has 7 heteroatoms. The highest BCUT2D eigenvalue weighted by molar-refractivity contribution is 7.74. The zero-order chi connectivity index (χ0) is 15.0. The van der Waals surface area contributed by atoms with Gasteiger partial charge >= 0.3 is 11.4 Å². The minimum absolute atomic E-state index is 0.0642. The minimum atomic E-state index is -2.77. The Kier molecular flexibility index (Phi) is 3.85. The number of nitrogens with zero attached hydrogens (tertiary/aromatic N) is 1. The SMILES string of the molecule is C=C1C(=O)N(OS(=O)O)C(=O)c2cccc(C(C)C)c21. The summed E-state index contributed by atoms with van der Waals surface area (Å²) in [5, 5.41) is 0.269. The molecule has 0 saturated carbocycles. The molecule has 1 aliphatic rings. The maximum Gasteiger partial charge on any atom is 0.325 e. The Morgan fingerprint density at radius 3 is 2.50 bits per heavy atom. The first-order valence-corrected chi connectivity index (χ1v) is 6.88. The summed E-state index contributed by atoms with van der Waals surface area (Å²) in [6.45, 7) is 7.54. The van der Waals surface area contributed by atoms with Crippen molar-refractivity contribution in [2.45, 2.75) is 19.8 Å². The number of hydrogen-bond donors (Lipinski definition) is 1. The molecule has 1 heterocycles. The fourth-order valence-electron chi connectivity index (χ4n) is 2.13. The van der Waals surface area contributed by atoms with E-state index in [4.69, 9.17) is 4.55 Å². The summed E-state index contributed by atoms with van der Waals surface area (Å²) < 4.78 is 23.7. The minimum Gasteiger partial charge on any atom is -0.282 e. The molecule has 0 radical (unpaired) electrons. The van der Waals surface area contributed by atoms with E-state index in [0.29, 0.717) is 5.56 Å². The van der Waals surface area contributed by atoms with Gasteiger partial charge < -0.3 is 0 Å². The Balaban J connectivity index is 2.61. The highest BCUT2D eigenvalue weighted by atomic mass is 32.2. The third-order valence-electron chi connectivity index (χ3n) is 3.02. The maximum absolute atomic E-state index is 12.2. The predicted octanol–water partition coefficient (Wildman–Crippen LogP) is 1.87. The molecular weight excluding hydrogens is 282 g/mol. The average Bonchev–Trinajstić information content (AvgIpc) is 2.40. The van der Waals surface area contributed by atoms with Crippen molar-refractivity contribution in [2.75, 3.05) is 0 Å². The summed E-state index contributed by atoms with van der Waals surface area (Å²) >= 11 is -2.77. The van der Waals surface area contributed by atoms with Crippen molar-refractivity contribution in [2.24, 2.45) is 0 Å². The van der Waals surface area contributed by atoms with Crippen LogP contribution < -0.4 is 0 Å². The second-order valence-corrected chi connectivity index (χ2v) is 5.18. The summed E-state index contributed by atoms with van der Waals surface area (Å²) in [4.78, 5) is 24.2. The van der Waals surface area contributed by atoms with Crippen molar-refractivity contribution in [3.8, 4) is 0 Å². The van der Waals surface area contributed by atoms with Gasteiger partial charge in [0.2, 0.25) is 0 Å². The molecule has 106 valence electrons. The largest absolute Gasteiger partial charge is 0.325 e. The Bertz CT molecular complexity index is 638. The lowest BCUT2D eigenvalue weighted by Gasteiger charge is -2.27. The number of fused-ring (bicyclic) bond motifs is 1. The lowest BCUT2D eigenvalue weighted by atomic mass is 9.86. The lowest BCUT2D eigenvalue weighted by Crippen LogP contribution is -2.42. The van der Waals surface area contributed by atoms with Crippen LogP contribution in [0.1, 0.15) is 41.3 Å². The molecule has 20 heavy (non-hydrogen) atoms. The molecule has 0 spiro atoms. The van der Waals surface area contributed by atoms with Gasteiger partial charge in [-0.05, 0) is 17.5 Å². The fourth-order valence-corrected chi connectivity index (χ4v) is 2.39. The maximum atomic E-state index is 12.2. The topological polar surface area (TPSA) is 83.9 Å². The number of imide groups is 1. The van der Waals surface area contributed by atoms with Crippen LogP contribution in [0.4, 0.5) is 0 Å². The molecule has 0 aliphatic carbocycles. The van der Waals surface area contributed by atoms with Gasteiger partial charge in [0.25, 0.3) is 11.8 Å². The van der Waals surface area contributed by atoms with E-state index < -0.39 is 23.2 Å². The third kappa shape index (κ3) is 2.31. The van der Waals surface area contributed by atoms with Crippen molar-refractivity contribution in [1.29, 1.82) is 0 Å². The number of benzene rings is 1. The first kappa shape index (κ1) is 14.6. The number of carbonyl (C=O) groups excluding carboxylic acids is 2. The summed E-state index contributed by atoms with van der Waals surface area (Å²) in [6.07, 6.45) is 0. The predicted molar refractivity (Wildman–Crippen MR) is 72.6 cm³/mol. The zero-order valence-corrected chi connectivity index (χ0v) is 11.8. The molecule has 1 aromatic carbocycles. The van der Waals surface area contributed by atoms with Crippen LogP contribution in [0.5, 0.6) is 0 Å². The van der Waals surface area contributed by atoms with Crippen molar-refractivity contribution in [1.82, 2.24) is 5.06 Å². The average molecular weight is 295 g/mol. The third-order valence-corrected chi connectivity index (χ3v) is 3.29. The number of hydrogen-bond acceptors (Lipinski definition) is 4. The highest BCUT2D eigenvalue weighted by Gasteiger charge is 2.37. The van der Waals surface area contributed by atoms with Crippen LogP contribution in [0.2, 0.25) is 0 Å². The Hall–Kier alpha value is -1.83. The quantitative estimate of drug-likeness (QED) is 0.523. The van der Waals surface area contributed by atoms with Crippen molar-refractivity contribution in [3.63, 3.8) is 0 Å². The van der Waals surface area contributed by atoms with Crippen LogP contribution in [0.25, 0.3) is 5.57 Å². The molecule has 1 atom stereocenters. The molecule has 1 aromatic rings. The number of rotatable bonds is 3. The van der Waals surface area contributed by atoms with Crippen LogP contribution in [-0.2, 0) is 20.4 Å². The van der Waals surface area contributed by atoms with Crippen LogP contribution in [0.15, 0.2) is 24.8 Å². The van der Waals surface area contributed by atoms with Crippen molar-refractivity contribution >= 4 is 28.7 Å². The van der Waals surface area contributed by atoms with Gasteiger partial charge in [-0.15, -0.1) is 9.35 Å². The first-order chi connectivity index (χ1) is 9.34. The van der Waals surface area contributed by atoms with E-state index in [1.165, 1.54) is 6.07 Å². The van der Waals surface area contributed by atoms with Gasteiger partial charge in [-0.1, -0.05) is 32.6 Å². The molecule has 0 aromatic heterocycles. The summed E-state index contributed by atoms with van der Waals surface area (Å²) in [5.41, 5.74) is 1.58. The molecule has 0 fully saturated rings. The van der Waals surface area contributed by atoms with Crippen molar-refractivity contribution in [3.05, 3.63) is 41.5 Å². The van der Waals surface area contributed by atoms with Crippen LogP contribution in [0, 0.1) is 0 Å². The zero-order valence-electron chi connectivity index (χ0n) is 11.0. The Morgan fingerprint density at radius 2 is 1.95 bits per heavy atom. The van der Waals surface area contributed by atoms with E-state index in [2.05, 4.69) is 10.9 Å². The molecular formula is C13H13NO5S. The molecule has 1 N–H and O–H groups in total. The monoisotopic (exact) mass is 295 g/mol. The number of hydroxylamine groups is 2. The standard InChI is InChI=1S/C13H13NO5S/c1-7(2)9-5-4-6-10-11(9)8(3)12(15)14(13(10)16)19-20(17)18/h4-7H,3H2,1-2H3,(H,17,18). The molecule has 1 unspecified atom stereocenters. The molecule has 1 aliphatic heterocycles. The van der Waals surface area contributed by atoms with Gasteiger partial charge in [0.15, 0.2) is 0 Å². The van der Waals surface area contributed by atoms with Gasteiger partial charge in [0.05, 0.1) is 5.56 Å². The molecule has 0 saturated heterocycles. The van der Waals surface area contributed by atoms with Crippen molar-refractivity contribution < 1.29 is 22.6 Å². The van der Waals surface area contributed by atoms with E-state index in [0.717, 1.165) is 5.56 Å². The second kappa shape index (κ2) is 5.28. The summed E-state index contributed by atoms with van der Waals surface area (Å²) in [7, 11) is 0. The summed E-state index contributed by atoms with van der Waals surface area (Å²) in [5.74, 6) is -1.51. The molecule has 2 rings (SSSR count). The van der Waals surface area contributed by atoms with E-state index in [-0.39, 0.29) is 22.1 Å². The number of amides is 2. The molecule has 0 bridgehead atoms. The highest BCUT2D eigenvalue weighted by Crippen LogP contribution is 2.34. The second-order valence-electron chi connectivity index (χ2n) is 4.60. The van der Waals surface area contributed by atoms with E-state index in [1.807, 2.05) is 19.9 Å². The van der Waals surface area contributed by atoms with Crippen LogP contribution in [-0.4, -0.2) is 25.6 Å². The lowest BCUT2D eigenvalue weighted by molar-refractivity contribution is -0.141. The number of carbonyl (C=O) groups is 2.